The van der Waals surface area contributed by atoms with E-state index in [-0.39, 0.29) is 12.4 Å². The summed E-state index contributed by atoms with van der Waals surface area (Å²) in [5, 5.41) is 19.0. The van der Waals surface area contributed by atoms with Crippen LogP contribution in [0.3, 0.4) is 0 Å². The van der Waals surface area contributed by atoms with Gasteiger partial charge in [0.1, 0.15) is 24.3 Å². The van der Waals surface area contributed by atoms with Crippen LogP contribution in [-0.4, -0.2) is 55.4 Å². The molecule has 0 saturated carbocycles. The van der Waals surface area contributed by atoms with Gasteiger partial charge in [-0.1, -0.05) is 0 Å². The fraction of sp³-hybridized carbons (Fsp3) is 0.350. The number of nitrogens with zero attached hydrogens (tertiary/aromatic N) is 3. The van der Waals surface area contributed by atoms with E-state index in [9.17, 15) is 9.50 Å². The van der Waals surface area contributed by atoms with Crippen molar-refractivity contribution in [2.24, 2.45) is 0 Å². The molecule has 1 N–H and O–H groups in total. The van der Waals surface area contributed by atoms with Gasteiger partial charge in [0, 0.05) is 38.4 Å². The highest BCUT2D eigenvalue weighted by Gasteiger charge is 2.19. The van der Waals surface area contributed by atoms with Crippen molar-refractivity contribution in [2.75, 3.05) is 44.2 Å². The number of hydrogen-bond acceptors (Lipinski definition) is 5. The van der Waals surface area contributed by atoms with Gasteiger partial charge < -0.3 is 14.7 Å². The van der Waals surface area contributed by atoms with Crippen LogP contribution in [0, 0.1) is 17.1 Å². The number of aliphatic hydroxyl groups is 1. The molecule has 26 heavy (non-hydrogen) atoms. The van der Waals surface area contributed by atoms with E-state index < -0.39 is 6.10 Å². The molecule has 1 fully saturated rings. The molecule has 0 aliphatic carbocycles. The molecule has 0 aromatic heterocycles. The van der Waals surface area contributed by atoms with E-state index in [2.05, 4.69) is 15.9 Å². The van der Waals surface area contributed by atoms with Gasteiger partial charge in [0.15, 0.2) is 0 Å². The molecule has 2 aromatic carbocycles. The Kier molecular flexibility index (Phi) is 6.05. The van der Waals surface area contributed by atoms with Crippen molar-refractivity contribution in [1.29, 1.82) is 5.26 Å². The lowest BCUT2D eigenvalue weighted by molar-refractivity contribution is 0.0663. The average molecular weight is 355 g/mol. The number of piperazine rings is 1. The molecule has 1 heterocycles. The first-order valence-corrected chi connectivity index (χ1v) is 8.68. The lowest BCUT2D eigenvalue weighted by Crippen LogP contribution is -2.49. The number of halogens is 1. The third-order valence-electron chi connectivity index (χ3n) is 4.46. The number of rotatable bonds is 6. The molecule has 2 aromatic rings. The summed E-state index contributed by atoms with van der Waals surface area (Å²) < 4.78 is 18.6. The zero-order valence-corrected chi connectivity index (χ0v) is 14.5. The summed E-state index contributed by atoms with van der Waals surface area (Å²) >= 11 is 0. The van der Waals surface area contributed by atoms with Gasteiger partial charge in [-0.2, -0.15) is 5.26 Å². The van der Waals surface area contributed by atoms with Crippen molar-refractivity contribution >= 4 is 5.69 Å². The van der Waals surface area contributed by atoms with Crippen molar-refractivity contribution in [1.82, 2.24) is 4.90 Å². The van der Waals surface area contributed by atoms with Crippen molar-refractivity contribution in [3.8, 4) is 11.8 Å². The third-order valence-corrected chi connectivity index (χ3v) is 4.46. The van der Waals surface area contributed by atoms with Gasteiger partial charge in [-0.25, -0.2) is 4.39 Å². The number of aliphatic hydroxyl groups excluding tert-OH is 1. The van der Waals surface area contributed by atoms with Crippen LogP contribution in [0.25, 0.3) is 0 Å². The maximum atomic E-state index is 13.0. The van der Waals surface area contributed by atoms with Gasteiger partial charge in [0.05, 0.1) is 11.6 Å². The van der Waals surface area contributed by atoms with Gasteiger partial charge in [0.25, 0.3) is 0 Å². The number of ether oxygens (including phenoxy) is 1. The van der Waals surface area contributed by atoms with Gasteiger partial charge in [-0.05, 0) is 48.5 Å². The average Bonchev–Trinajstić information content (AvgIpc) is 2.68. The summed E-state index contributed by atoms with van der Waals surface area (Å²) in [6.07, 6.45) is -0.581. The number of nitriles is 1. The van der Waals surface area contributed by atoms with E-state index in [4.69, 9.17) is 10.00 Å². The highest BCUT2D eigenvalue weighted by Crippen LogP contribution is 2.17. The maximum absolute atomic E-state index is 13.0. The van der Waals surface area contributed by atoms with E-state index >= 15 is 0 Å². The minimum Gasteiger partial charge on any atom is -0.491 e. The second-order valence-electron chi connectivity index (χ2n) is 6.37. The van der Waals surface area contributed by atoms with Crippen LogP contribution in [0.1, 0.15) is 5.56 Å². The van der Waals surface area contributed by atoms with Gasteiger partial charge in [-0.15, -0.1) is 0 Å². The van der Waals surface area contributed by atoms with Crippen LogP contribution >= 0.6 is 0 Å². The van der Waals surface area contributed by atoms with Crippen LogP contribution in [0.4, 0.5) is 10.1 Å². The van der Waals surface area contributed by atoms with Gasteiger partial charge in [-0.3, -0.25) is 4.90 Å². The normalized spacial score (nSPS) is 16.1. The molecule has 0 unspecified atom stereocenters. The Morgan fingerprint density at radius 2 is 1.69 bits per heavy atom. The third kappa shape index (κ3) is 4.94. The topological polar surface area (TPSA) is 59.7 Å². The summed E-state index contributed by atoms with van der Waals surface area (Å²) in [5.41, 5.74) is 1.60. The summed E-state index contributed by atoms with van der Waals surface area (Å²) in [5.74, 6) is 0.418. The Labute approximate surface area is 152 Å². The van der Waals surface area contributed by atoms with Crippen LogP contribution in [-0.2, 0) is 0 Å². The molecular weight excluding hydrogens is 333 g/mol. The molecule has 1 saturated heterocycles. The Balaban J connectivity index is 1.40. The Morgan fingerprint density at radius 3 is 2.31 bits per heavy atom. The van der Waals surface area contributed by atoms with Crippen LogP contribution in [0.15, 0.2) is 48.5 Å². The van der Waals surface area contributed by atoms with E-state index in [1.807, 2.05) is 0 Å². The van der Waals surface area contributed by atoms with E-state index in [1.165, 1.54) is 12.1 Å². The molecule has 1 atom stereocenters. The van der Waals surface area contributed by atoms with Crippen molar-refractivity contribution < 1.29 is 14.2 Å². The summed E-state index contributed by atoms with van der Waals surface area (Å²) in [4.78, 5) is 4.42. The number of β-amino-alcohol motifs (C(OH)–C–C–N with tert-alkyl or cyclic N) is 1. The van der Waals surface area contributed by atoms with E-state index in [0.29, 0.717) is 17.9 Å². The molecule has 1 aliphatic heterocycles. The minimum absolute atomic E-state index is 0.212. The molecule has 0 spiro atoms. The molecule has 3 rings (SSSR count). The van der Waals surface area contributed by atoms with E-state index in [1.54, 1.807) is 36.4 Å². The Hall–Kier alpha value is -2.62. The second kappa shape index (κ2) is 8.65. The number of benzene rings is 2. The fourth-order valence-corrected chi connectivity index (χ4v) is 3.01. The Bertz CT molecular complexity index is 735. The first-order chi connectivity index (χ1) is 12.6. The standard InChI is InChI=1S/C20H22FN3O2/c21-17-3-5-18(6-4-17)24-11-9-23(10-12-24)14-19(25)15-26-20-7-1-16(13-22)2-8-20/h1-8,19,25H,9-12,14-15H2/t19-/m1/s1. The second-order valence-corrected chi connectivity index (χ2v) is 6.37. The molecule has 5 nitrogen and oxygen atoms in total. The smallest absolute Gasteiger partial charge is 0.123 e. The van der Waals surface area contributed by atoms with Crippen molar-refractivity contribution in [3.63, 3.8) is 0 Å². The van der Waals surface area contributed by atoms with Crippen molar-refractivity contribution in [3.05, 3.63) is 59.9 Å². The van der Waals surface area contributed by atoms with Crippen LogP contribution in [0.5, 0.6) is 5.75 Å². The fourth-order valence-electron chi connectivity index (χ4n) is 3.01. The zero-order chi connectivity index (χ0) is 18.4. The van der Waals surface area contributed by atoms with Gasteiger partial charge >= 0.3 is 0 Å². The maximum Gasteiger partial charge on any atom is 0.123 e. The molecule has 1 aliphatic rings. The Morgan fingerprint density at radius 1 is 1.04 bits per heavy atom. The quantitative estimate of drug-likeness (QED) is 0.861. The number of hydrogen-bond donors (Lipinski definition) is 1. The summed E-state index contributed by atoms with van der Waals surface area (Å²) in [6.45, 7) is 4.12. The number of anilines is 1. The highest BCUT2D eigenvalue weighted by atomic mass is 19.1. The van der Waals surface area contributed by atoms with Crippen LogP contribution in [0.2, 0.25) is 0 Å². The lowest BCUT2D eigenvalue weighted by atomic mass is 10.2. The molecular formula is C20H22FN3O2. The van der Waals surface area contributed by atoms with Crippen molar-refractivity contribution in [2.45, 2.75) is 6.10 Å². The largest absolute Gasteiger partial charge is 0.491 e. The molecule has 0 amide bonds. The summed E-state index contributed by atoms with van der Waals surface area (Å²) in [6, 6.07) is 15.4. The lowest BCUT2D eigenvalue weighted by Gasteiger charge is -2.36. The van der Waals surface area contributed by atoms with Gasteiger partial charge in [0.2, 0.25) is 0 Å². The first kappa shape index (κ1) is 18.2. The highest BCUT2D eigenvalue weighted by molar-refractivity contribution is 5.46. The summed E-state index contributed by atoms with van der Waals surface area (Å²) in [7, 11) is 0. The predicted octanol–water partition coefficient (Wildman–Crippen LogP) is 2.26. The molecule has 136 valence electrons. The van der Waals surface area contributed by atoms with Crippen LogP contribution < -0.4 is 9.64 Å². The minimum atomic E-state index is -0.581. The predicted molar refractivity (Wildman–Crippen MR) is 97.7 cm³/mol. The first-order valence-electron chi connectivity index (χ1n) is 8.68. The SMILES string of the molecule is N#Cc1ccc(OC[C@H](O)CN2CCN(c3ccc(F)cc3)CC2)cc1. The monoisotopic (exact) mass is 355 g/mol. The zero-order valence-electron chi connectivity index (χ0n) is 14.5. The molecule has 0 bridgehead atoms. The molecule has 6 heteroatoms. The molecule has 0 radical (unpaired) electrons. The van der Waals surface area contributed by atoms with E-state index in [0.717, 1.165) is 31.9 Å².